The van der Waals surface area contributed by atoms with Crippen LogP contribution in [-0.4, -0.2) is 14.8 Å². The van der Waals surface area contributed by atoms with Gasteiger partial charge in [0.05, 0.1) is 23.6 Å². The highest BCUT2D eigenvalue weighted by atomic mass is 79.9. The molecule has 0 radical (unpaired) electrons. The lowest BCUT2D eigenvalue weighted by molar-refractivity contribution is 0.531. The van der Waals surface area contributed by atoms with Crippen LogP contribution in [0.2, 0.25) is 0 Å². The number of nitrogens with one attached hydrogen (secondary N) is 1. The van der Waals surface area contributed by atoms with E-state index in [-0.39, 0.29) is 11.6 Å². The van der Waals surface area contributed by atoms with Crippen LogP contribution in [0.15, 0.2) is 39.9 Å². The molecule has 1 atom stereocenters. The lowest BCUT2D eigenvalue weighted by Gasteiger charge is -2.16. The summed E-state index contributed by atoms with van der Waals surface area (Å²) in [6.45, 7) is 2.72. The van der Waals surface area contributed by atoms with Gasteiger partial charge in [-0.1, -0.05) is 6.07 Å². The minimum Gasteiger partial charge on any atom is -0.375 e. The van der Waals surface area contributed by atoms with Crippen molar-refractivity contribution in [3.63, 3.8) is 0 Å². The van der Waals surface area contributed by atoms with Crippen molar-refractivity contribution in [2.24, 2.45) is 5.92 Å². The minimum absolute atomic E-state index is 0.00276. The van der Waals surface area contributed by atoms with Gasteiger partial charge in [-0.15, -0.1) is 0 Å². The average Bonchev–Trinajstić information content (AvgIpc) is 3.32. The van der Waals surface area contributed by atoms with E-state index in [0.717, 1.165) is 5.69 Å². The van der Waals surface area contributed by atoms with Crippen molar-refractivity contribution >= 4 is 21.6 Å². The predicted molar refractivity (Wildman–Crippen MR) is 85.2 cm³/mol. The number of rotatable bonds is 5. The summed E-state index contributed by atoms with van der Waals surface area (Å²) in [6.07, 6.45) is 5.85. The molecule has 21 heavy (non-hydrogen) atoms. The van der Waals surface area contributed by atoms with E-state index in [1.54, 1.807) is 17.1 Å². The third-order valence-corrected chi connectivity index (χ3v) is 4.38. The van der Waals surface area contributed by atoms with Gasteiger partial charge in [0.2, 0.25) is 0 Å². The zero-order valence-electron chi connectivity index (χ0n) is 11.8. The summed E-state index contributed by atoms with van der Waals surface area (Å²) >= 11 is 3.39. The van der Waals surface area contributed by atoms with Crippen molar-refractivity contribution in [1.82, 2.24) is 14.8 Å². The fourth-order valence-electron chi connectivity index (χ4n) is 2.18. The summed E-state index contributed by atoms with van der Waals surface area (Å²) in [6, 6.07) is 5.78. The molecular weight excluding hydrogens is 332 g/mol. The number of pyridine rings is 1. The Morgan fingerprint density at radius 2 is 2.29 bits per heavy atom. The molecule has 6 heteroatoms. The Morgan fingerprint density at radius 1 is 1.48 bits per heavy atom. The highest BCUT2D eigenvalue weighted by Gasteiger charge is 2.23. The van der Waals surface area contributed by atoms with Crippen molar-refractivity contribution in [2.75, 3.05) is 5.32 Å². The maximum Gasteiger partial charge on any atom is 0.283 e. The van der Waals surface area contributed by atoms with E-state index in [9.17, 15) is 4.79 Å². The predicted octanol–water partition coefficient (Wildman–Crippen LogP) is 2.98. The number of anilines is 1. The fraction of sp³-hybridized carbons (Fsp3) is 0.400. The van der Waals surface area contributed by atoms with Gasteiger partial charge in [0.15, 0.2) is 0 Å². The Hall–Kier alpha value is -1.69. The van der Waals surface area contributed by atoms with Crippen molar-refractivity contribution in [1.29, 1.82) is 0 Å². The molecule has 0 amide bonds. The number of nitrogens with zero attached hydrogens (tertiary/aromatic N) is 3. The molecule has 1 N–H and O–H groups in total. The normalized spacial score (nSPS) is 15.7. The van der Waals surface area contributed by atoms with Crippen LogP contribution < -0.4 is 10.9 Å². The van der Waals surface area contributed by atoms with Crippen LogP contribution in [0, 0.1) is 5.92 Å². The third kappa shape index (κ3) is 3.32. The highest BCUT2D eigenvalue weighted by Crippen LogP contribution is 2.30. The maximum absolute atomic E-state index is 12.3. The molecule has 2 aromatic heterocycles. The zero-order valence-corrected chi connectivity index (χ0v) is 13.4. The molecule has 1 aliphatic carbocycles. The summed E-state index contributed by atoms with van der Waals surface area (Å²) in [4.78, 5) is 16.6. The molecule has 0 saturated heterocycles. The van der Waals surface area contributed by atoms with Gasteiger partial charge < -0.3 is 5.32 Å². The van der Waals surface area contributed by atoms with Gasteiger partial charge in [0.25, 0.3) is 5.56 Å². The van der Waals surface area contributed by atoms with Crippen LogP contribution in [0.4, 0.5) is 5.69 Å². The van der Waals surface area contributed by atoms with Gasteiger partial charge in [-0.3, -0.25) is 9.78 Å². The zero-order chi connectivity index (χ0) is 14.8. The Labute approximate surface area is 131 Å². The third-order valence-electron chi connectivity index (χ3n) is 3.62. The SMILES string of the molecule is CC(Nc1cnn(CC2CC2)c(=O)c1Br)c1ccccn1. The number of halogens is 1. The first kappa shape index (κ1) is 14.3. The van der Waals surface area contributed by atoms with Crippen LogP contribution in [-0.2, 0) is 6.54 Å². The van der Waals surface area contributed by atoms with Gasteiger partial charge in [-0.25, -0.2) is 4.68 Å². The van der Waals surface area contributed by atoms with Gasteiger partial charge in [-0.2, -0.15) is 5.10 Å². The molecule has 3 rings (SSSR count). The summed E-state index contributed by atoms with van der Waals surface area (Å²) in [5.74, 6) is 0.619. The molecule has 0 aliphatic heterocycles. The van der Waals surface area contributed by atoms with Crippen LogP contribution >= 0.6 is 15.9 Å². The Bertz CT molecular complexity index is 682. The molecule has 1 fully saturated rings. The molecule has 1 saturated carbocycles. The second-order valence-electron chi connectivity index (χ2n) is 5.42. The molecule has 1 unspecified atom stereocenters. The first-order valence-corrected chi connectivity index (χ1v) is 7.87. The molecule has 2 heterocycles. The van der Waals surface area contributed by atoms with Crippen molar-refractivity contribution in [3.8, 4) is 0 Å². The summed E-state index contributed by atoms with van der Waals surface area (Å²) in [5.41, 5.74) is 1.54. The summed E-state index contributed by atoms with van der Waals surface area (Å²) in [7, 11) is 0. The van der Waals surface area contributed by atoms with Gasteiger partial charge >= 0.3 is 0 Å². The molecule has 0 aromatic carbocycles. The quantitative estimate of drug-likeness (QED) is 0.902. The Kier molecular flexibility index (Phi) is 4.05. The second kappa shape index (κ2) is 5.97. The van der Waals surface area contributed by atoms with E-state index in [1.165, 1.54) is 12.8 Å². The van der Waals surface area contributed by atoms with Crippen LogP contribution in [0.1, 0.15) is 31.5 Å². The topological polar surface area (TPSA) is 59.8 Å². The summed E-state index contributed by atoms with van der Waals surface area (Å²) in [5, 5.41) is 7.54. The lowest BCUT2D eigenvalue weighted by atomic mass is 10.2. The average molecular weight is 349 g/mol. The fourth-order valence-corrected chi connectivity index (χ4v) is 2.60. The number of aromatic nitrogens is 3. The van der Waals surface area contributed by atoms with Gasteiger partial charge in [0, 0.05) is 12.7 Å². The van der Waals surface area contributed by atoms with E-state index < -0.39 is 0 Å². The molecule has 0 bridgehead atoms. The van der Waals surface area contributed by atoms with Crippen molar-refractivity contribution in [2.45, 2.75) is 32.4 Å². The molecule has 0 spiro atoms. The standard InChI is InChI=1S/C15H17BrN4O/c1-10(12-4-2-3-7-17-12)19-13-8-18-20(9-11-5-6-11)15(21)14(13)16/h2-4,7-8,10-11,19H,5-6,9H2,1H3. The van der Waals surface area contributed by atoms with E-state index in [4.69, 9.17) is 0 Å². The van der Waals surface area contributed by atoms with Crippen LogP contribution in [0.3, 0.4) is 0 Å². The van der Waals surface area contributed by atoms with E-state index in [2.05, 4.69) is 31.3 Å². The molecule has 2 aromatic rings. The molecular formula is C15H17BrN4O. The van der Waals surface area contributed by atoms with Crippen molar-refractivity contribution in [3.05, 3.63) is 51.1 Å². The first-order valence-electron chi connectivity index (χ1n) is 7.08. The smallest absolute Gasteiger partial charge is 0.283 e. The number of hydrogen-bond donors (Lipinski definition) is 1. The highest BCUT2D eigenvalue weighted by molar-refractivity contribution is 9.10. The van der Waals surface area contributed by atoms with Crippen LogP contribution in [0.25, 0.3) is 0 Å². The monoisotopic (exact) mass is 348 g/mol. The first-order chi connectivity index (χ1) is 10.1. The Morgan fingerprint density at radius 3 is 2.95 bits per heavy atom. The largest absolute Gasteiger partial charge is 0.375 e. The number of hydrogen-bond acceptors (Lipinski definition) is 4. The second-order valence-corrected chi connectivity index (χ2v) is 6.22. The molecule has 110 valence electrons. The summed E-state index contributed by atoms with van der Waals surface area (Å²) < 4.78 is 2.07. The molecule has 5 nitrogen and oxygen atoms in total. The van der Waals surface area contributed by atoms with Crippen molar-refractivity contribution < 1.29 is 0 Å². The van der Waals surface area contributed by atoms with Gasteiger partial charge in [0.1, 0.15) is 4.47 Å². The molecule has 1 aliphatic rings. The van der Waals surface area contributed by atoms with Crippen LogP contribution in [0.5, 0.6) is 0 Å². The lowest BCUT2D eigenvalue weighted by Crippen LogP contribution is -2.25. The van der Waals surface area contributed by atoms with Gasteiger partial charge in [-0.05, 0) is 53.7 Å². The Balaban J connectivity index is 1.79. The van der Waals surface area contributed by atoms with E-state index in [0.29, 0.717) is 22.6 Å². The minimum atomic E-state index is -0.0832. The van der Waals surface area contributed by atoms with E-state index >= 15 is 0 Å². The van der Waals surface area contributed by atoms with E-state index in [1.807, 2.05) is 25.1 Å². The maximum atomic E-state index is 12.3.